The van der Waals surface area contributed by atoms with Crippen molar-refractivity contribution < 1.29 is 4.84 Å². The van der Waals surface area contributed by atoms with Crippen molar-refractivity contribution in [2.75, 3.05) is 7.11 Å². The fourth-order valence-corrected chi connectivity index (χ4v) is 0.899. The molecule has 0 radical (unpaired) electrons. The molecule has 0 N–H and O–H groups in total. The van der Waals surface area contributed by atoms with E-state index >= 15 is 0 Å². The fourth-order valence-electron chi connectivity index (χ4n) is 0.700. The van der Waals surface area contributed by atoms with Gasteiger partial charge in [-0.2, -0.15) is 0 Å². The molecule has 0 amide bonds. The molecule has 1 aromatic rings. The molecule has 0 aliphatic carbocycles. The summed E-state index contributed by atoms with van der Waals surface area (Å²) in [4.78, 5) is 4.51. The first-order valence-electron chi connectivity index (χ1n) is 3.15. The van der Waals surface area contributed by atoms with E-state index in [-0.39, 0.29) is 0 Å². The molecule has 0 spiro atoms. The Morgan fingerprint density at radius 1 is 1.55 bits per heavy atom. The van der Waals surface area contributed by atoms with E-state index in [9.17, 15) is 0 Å². The molecule has 0 fully saturated rings. The molecule has 1 rings (SSSR count). The molecule has 0 aromatic heterocycles. The summed E-state index contributed by atoms with van der Waals surface area (Å²) in [5, 5.41) is 4.30. The van der Waals surface area contributed by atoms with Crippen LogP contribution in [0.15, 0.2) is 29.4 Å². The molecular formula is C8H8ClNO. The quantitative estimate of drug-likeness (QED) is 0.492. The molecular weight excluding hydrogens is 162 g/mol. The SMILES string of the molecule is CO/N=C/c1cccc(Cl)c1. The Balaban J connectivity index is 2.79. The lowest BCUT2D eigenvalue weighted by Crippen LogP contribution is -1.80. The van der Waals surface area contributed by atoms with Gasteiger partial charge in [0.1, 0.15) is 7.11 Å². The van der Waals surface area contributed by atoms with Crippen molar-refractivity contribution in [2.45, 2.75) is 0 Å². The third-order valence-electron chi connectivity index (χ3n) is 1.16. The Morgan fingerprint density at radius 2 is 2.36 bits per heavy atom. The van der Waals surface area contributed by atoms with Gasteiger partial charge in [0.15, 0.2) is 0 Å². The molecule has 2 nitrogen and oxygen atoms in total. The highest BCUT2D eigenvalue weighted by Crippen LogP contribution is 2.08. The van der Waals surface area contributed by atoms with Gasteiger partial charge in [-0.15, -0.1) is 0 Å². The van der Waals surface area contributed by atoms with Crippen molar-refractivity contribution in [3.8, 4) is 0 Å². The number of nitrogens with zero attached hydrogens (tertiary/aromatic N) is 1. The van der Waals surface area contributed by atoms with Gasteiger partial charge in [0.25, 0.3) is 0 Å². The van der Waals surface area contributed by atoms with Crippen LogP contribution in [0.3, 0.4) is 0 Å². The zero-order chi connectivity index (χ0) is 8.10. The maximum absolute atomic E-state index is 5.72. The predicted octanol–water partition coefficient (Wildman–Crippen LogP) is 2.32. The van der Waals surface area contributed by atoms with Crippen LogP contribution >= 0.6 is 11.6 Å². The van der Waals surface area contributed by atoms with Crippen molar-refractivity contribution in [2.24, 2.45) is 5.16 Å². The van der Waals surface area contributed by atoms with Crippen molar-refractivity contribution in [1.29, 1.82) is 0 Å². The molecule has 3 heteroatoms. The van der Waals surface area contributed by atoms with Crippen LogP contribution in [0, 0.1) is 0 Å². The van der Waals surface area contributed by atoms with E-state index in [1.54, 1.807) is 6.21 Å². The van der Waals surface area contributed by atoms with Gasteiger partial charge < -0.3 is 4.84 Å². The third kappa shape index (κ3) is 2.60. The largest absolute Gasteiger partial charge is 0.399 e. The van der Waals surface area contributed by atoms with Gasteiger partial charge in [-0.3, -0.25) is 0 Å². The standard InChI is InChI=1S/C8H8ClNO/c1-11-10-6-7-3-2-4-8(9)5-7/h2-6H,1H3/b10-6+. The number of benzene rings is 1. The molecule has 0 heterocycles. The van der Waals surface area contributed by atoms with Crippen molar-refractivity contribution in [3.63, 3.8) is 0 Å². The Bertz CT molecular complexity index is 260. The van der Waals surface area contributed by atoms with Gasteiger partial charge in [-0.25, -0.2) is 0 Å². The topological polar surface area (TPSA) is 21.6 Å². The highest BCUT2D eigenvalue weighted by molar-refractivity contribution is 6.30. The Morgan fingerprint density at radius 3 is 3.00 bits per heavy atom. The lowest BCUT2D eigenvalue weighted by Gasteiger charge is -1.91. The van der Waals surface area contributed by atoms with E-state index < -0.39 is 0 Å². The van der Waals surface area contributed by atoms with Crippen molar-refractivity contribution in [1.82, 2.24) is 0 Å². The average Bonchev–Trinajstić information content (AvgIpc) is 2.01. The Hall–Kier alpha value is -1.02. The highest BCUT2D eigenvalue weighted by atomic mass is 35.5. The minimum absolute atomic E-state index is 0.699. The average molecular weight is 170 g/mol. The highest BCUT2D eigenvalue weighted by Gasteiger charge is 1.88. The fraction of sp³-hybridized carbons (Fsp3) is 0.125. The molecule has 0 aliphatic rings. The summed E-state index contributed by atoms with van der Waals surface area (Å²) in [5.41, 5.74) is 0.930. The second-order valence-corrected chi connectivity index (χ2v) is 2.41. The summed E-state index contributed by atoms with van der Waals surface area (Å²) < 4.78 is 0. The first-order chi connectivity index (χ1) is 5.33. The van der Waals surface area contributed by atoms with E-state index in [2.05, 4.69) is 9.99 Å². The molecule has 0 unspecified atom stereocenters. The number of oxime groups is 1. The van der Waals surface area contributed by atoms with E-state index in [0.717, 1.165) is 5.56 Å². The number of halogens is 1. The van der Waals surface area contributed by atoms with Crippen LogP contribution in [0.25, 0.3) is 0 Å². The van der Waals surface area contributed by atoms with Crippen molar-refractivity contribution in [3.05, 3.63) is 34.9 Å². The van der Waals surface area contributed by atoms with Gasteiger partial charge in [0.2, 0.25) is 0 Å². The maximum Gasteiger partial charge on any atom is 0.106 e. The van der Waals surface area contributed by atoms with Gasteiger partial charge in [-0.05, 0) is 17.7 Å². The van der Waals surface area contributed by atoms with Crippen LogP contribution in [0.2, 0.25) is 5.02 Å². The first kappa shape index (κ1) is 8.08. The third-order valence-corrected chi connectivity index (χ3v) is 1.39. The number of rotatable bonds is 2. The maximum atomic E-state index is 5.72. The van der Waals surface area contributed by atoms with Crippen LogP contribution < -0.4 is 0 Å². The van der Waals surface area contributed by atoms with Gasteiger partial charge in [-0.1, -0.05) is 28.9 Å². The summed E-state index contributed by atoms with van der Waals surface area (Å²) in [6.07, 6.45) is 1.60. The van der Waals surface area contributed by atoms with Crippen LogP contribution in [-0.2, 0) is 4.84 Å². The summed E-state index contributed by atoms with van der Waals surface area (Å²) in [6, 6.07) is 7.38. The lowest BCUT2D eigenvalue weighted by atomic mass is 10.2. The van der Waals surface area contributed by atoms with Crippen LogP contribution in [0.4, 0.5) is 0 Å². The van der Waals surface area contributed by atoms with Gasteiger partial charge >= 0.3 is 0 Å². The molecule has 11 heavy (non-hydrogen) atoms. The van der Waals surface area contributed by atoms with Crippen molar-refractivity contribution >= 4 is 17.8 Å². The van der Waals surface area contributed by atoms with Gasteiger partial charge in [0, 0.05) is 5.02 Å². The van der Waals surface area contributed by atoms with E-state index in [1.807, 2.05) is 24.3 Å². The molecule has 0 aliphatic heterocycles. The van der Waals surface area contributed by atoms with Crippen LogP contribution in [-0.4, -0.2) is 13.3 Å². The monoisotopic (exact) mass is 169 g/mol. The van der Waals surface area contributed by atoms with E-state index in [4.69, 9.17) is 11.6 Å². The molecule has 0 saturated heterocycles. The summed E-state index contributed by atoms with van der Waals surface area (Å²) in [6.45, 7) is 0. The summed E-state index contributed by atoms with van der Waals surface area (Å²) in [5.74, 6) is 0. The molecule has 0 atom stereocenters. The first-order valence-corrected chi connectivity index (χ1v) is 3.53. The zero-order valence-corrected chi connectivity index (χ0v) is 6.88. The van der Waals surface area contributed by atoms with Gasteiger partial charge in [0.05, 0.1) is 6.21 Å². The lowest BCUT2D eigenvalue weighted by molar-refractivity contribution is 0.215. The summed E-state index contributed by atoms with van der Waals surface area (Å²) >= 11 is 5.72. The van der Waals surface area contributed by atoms with E-state index in [1.165, 1.54) is 7.11 Å². The molecule has 0 saturated carbocycles. The number of hydrogen-bond acceptors (Lipinski definition) is 2. The Kier molecular flexibility index (Phi) is 2.93. The molecule has 0 bridgehead atoms. The van der Waals surface area contributed by atoms with Crippen LogP contribution in [0.1, 0.15) is 5.56 Å². The molecule has 58 valence electrons. The van der Waals surface area contributed by atoms with Crippen LogP contribution in [0.5, 0.6) is 0 Å². The smallest absolute Gasteiger partial charge is 0.106 e. The summed E-state index contributed by atoms with van der Waals surface area (Å²) in [7, 11) is 1.50. The second kappa shape index (κ2) is 3.98. The minimum atomic E-state index is 0.699. The normalized spacial score (nSPS) is 10.4. The Labute approximate surface area is 70.4 Å². The second-order valence-electron chi connectivity index (χ2n) is 1.97. The predicted molar refractivity (Wildman–Crippen MR) is 46.1 cm³/mol. The van der Waals surface area contributed by atoms with E-state index in [0.29, 0.717) is 5.02 Å². The zero-order valence-electron chi connectivity index (χ0n) is 6.12. The minimum Gasteiger partial charge on any atom is -0.399 e. The molecule has 1 aromatic carbocycles. The number of hydrogen-bond donors (Lipinski definition) is 0.